The molecule has 0 aliphatic carbocycles. The lowest BCUT2D eigenvalue weighted by atomic mass is 10.1. The average molecular weight is 371 g/mol. The van der Waals surface area contributed by atoms with Crippen molar-refractivity contribution >= 4 is 23.7 Å². The molecule has 0 atom stereocenters. The average Bonchev–Trinajstić information content (AvgIpc) is 3.25. The molecule has 0 unspecified atom stereocenters. The second-order valence-corrected chi connectivity index (χ2v) is 7.23. The summed E-state index contributed by atoms with van der Waals surface area (Å²) in [5.41, 5.74) is 3.47. The van der Waals surface area contributed by atoms with Crippen molar-refractivity contribution in [2.75, 3.05) is 11.1 Å². The lowest BCUT2D eigenvalue weighted by Crippen LogP contribution is -2.14. The van der Waals surface area contributed by atoms with E-state index in [0.717, 1.165) is 10.8 Å². The van der Waals surface area contributed by atoms with Crippen LogP contribution in [0.15, 0.2) is 40.2 Å². The molecule has 0 fully saturated rings. The number of anilines is 1. The molecule has 2 heterocycles. The quantitative estimate of drug-likeness (QED) is 0.665. The number of amides is 1. The van der Waals surface area contributed by atoms with Gasteiger partial charge in [0.2, 0.25) is 11.8 Å². The molecule has 0 bridgehead atoms. The molecular weight excluding hydrogens is 350 g/mol. The molecule has 0 aliphatic rings. The number of nitrogens with zero attached hydrogens (tertiary/aromatic N) is 4. The molecule has 1 amide bonds. The molecule has 26 heavy (non-hydrogen) atoms. The van der Waals surface area contributed by atoms with Gasteiger partial charge in [0.15, 0.2) is 5.16 Å². The standard InChI is InChI=1S/C18H21N5O2S/c1-11(2)16-21-22-17(25-16)20-15(24)10-26-18-19-7-8-23(18)14-6-5-12(3)13(4)9-14/h5-9,11H,10H2,1-4H3,(H,20,22,24). The zero-order valence-corrected chi connectivity index (χ0v) is 16.0. The van der Waals surface area contributed by atoms with Gasteiger partial charge >= 0.3 is 6.01 Å². The molecule has 3 rings (SSSR count). The number of aromatic nitrogens is 4. The number of nitrogens with one attached hydrogen (secondary N) is 1. The SMILES string of the molecule is Cc1ccc(-n2ccnc2SCC(=O)Nc2nnc(C(C)C)o2)cc1C. The maximum Gasteiger partial charge on any atom is 0.322 e. The van der Waals surface area contributed by atoms with Crippen LogP contribution in [0.4, 0.5) is 6.01 Å². The van der Waals surface area contributed by atoms with E-state index in [9.17, 15) is 4.79 Å². The maximum atomic E-state index is 12.1. The lowest BCUT2D eigenvalue weighted by molar-refractivity contribution is -0.113. The Kier molecular flexibility index (Phi) is 5.41. The van der Waals surface area contributed by atoms with Crippen molar-refractivity contribution in [3.63, 3.8) is 0 Å². The molecule has 136 valence electrons. The fraction of sp³-hybridized carbons (Fsp3) is 0.333. The highest BCUT2D eigenvalue weighted by Crippen LogP contribution is 2.22. The predicted octanol–water partition coefficient (Wildman–Crippen LogP) is 3.73. The maximum absolute atomic E-state index is 12.1. The molecule has 8 heteroatoms. The summed E-state index contributed by atoms with van der Waals surface area (Å²) in [6.07, 6.45) is 3.61. The first-order valence-electron chi connectivity index (χ1n) is 8.31. The number of carbonyl (C=O) groups is 1. The molecule has 0 spiro atoms. The number of hydrogen-bond donors (Lipinski definition) is 1. The number of benzene rings is 1. The summed E-state index contributed by atoms with van der Waals surface area (Å²) in [4.78, 5) is 16.5. The van der Waals surface area contributed by atoms with E-state index in [0.29, 0.717) is 5.89 Å². The summed E-state index contributed by atoms with van der Waals surface area (Å²) >= 11 is 1.35. The minimum atomic E-state index is -0.219. The Bertz CT molecular complexity index is 916. The number of rotatable bonds is 6. The van der Waals surface area contributed by atoms with E-state index in [1.165, 1.54) is 22.9 Å². The van der Waals surface area contributed by atoms with Crippen molar-refractivity contribution in [3.05, 3.63) is 47.6 Å². The van der Waals surface area contributed by atoms with Crippen LogP contribution in [0.5, 0.6) is 0 Å². The third-order valence-electron chi connectivity index (χ3n) is 3.89. The summed E-state index contributed by atoms with van der Waals surface area (Å²) in [6.45, 7) is 8.05. The van der Waals surface area contributed by atoms with Gasteiger partial charge in [0.25, 0.3) is 0 Å². The summed E-state index contributed by atoms with van der Waals surface area (Å²) < 4.78 is 7.35. The van der Waals surface area contributed by atoms with Crippen molar-refractivity contribution in [1.29, 1.82) is 0 Å². The van der Waals surface area contributed by atoms with Gasteiger partial charge in [-0.2, -0.15) is 0 Å². The molecule has 0 saturated heterocycles. The zero-order chi connectivity index (χ0) is 18.7. The first-order valence-corrected chi connectivity index (χ1v) is 9.29. The fourth-order valence-corrected chi connectivity index (χ4v) is 3.05. The van der Waals surface area contributed by atoms with Gasteiger partial charge in [-0.3, -0.25) is 14.7 Å². The molecule has 2 aromatic heterocycles. The predicted molar refractivity (Wildman–Crippen MR) is 101 cm³/mol. The van der Waals surface area contributed by atoms with Crippen LogP contribution < -0.4 is 5.32 Å². The van der Waals surface area contributed by atoms with Crippen LogP contribution in [0, 0.1) is 13.8 Å². The largest absolute Gasteiger partial charge is 0.408 e. The second kappa shape index (κ2) is 7.74. The zero-order valence-electron chi connectivity index (χ0n) is 15.2. The number of hydrogen-bond acceptors (Lipinski definition) is 6. The Morgan fingerprint density at radius 3 is 2.77 bits per heavy atom. The molecule has 0 saturated carbocycles. The van der Waals surface area contributed by atoms with Gasteiger partial charge in [0, 0.05) is 24.0 Å². The Labute approximate surface area is 156 Å². The van der Waals surface area contributed by atoms with Crippen LogP contribution in [0.25, 0.3) is 5.69 Å². The molecule has 0 radical (unpaired) electrons. The van der Waals surface area contributed by atoms with E-state index >= 15 is 0 Å². The lowest BCUT2D eigenvalue weighted by Gasteiger charge is -2.09. The van der Waals surface area contributed by atoms with Crippen molar-refractivity contribution in [1.82, 2.24) is 19.7 Å². The third kappa shape index (κ3) is 4.13. The van der Waals surface area contributed by atoms with Crippen LogP contribution in [-0.4, -0.2) is 31.4 Å². The third-order valence-corrected chi connectivity index (χ3v) is 4.86. The summed E-state index contributed by atoms with van der Waals surface area (Å²) in [7, 11) is 0. The van der Waals surface area contributed by atoms with Gasteiger partial charge in [-0.05, 0) is 37.1 Å². The Morgan fingerprint density at radius 2 is 2.08 bits per heavy atom. The van der Waals surface area contributed by atoms with E-state index in [2.05, 4.69) is 46.5 Å². The highest BCUT2D eigenvalue weighted by Gasteiger charge is 2.14. The van der Waals surface area contributed by atoms with Gasteiger partial charge in [-0.1, -0.05) is 36.8 Å². The van der Waals surface area contributed by atoms with Crippen molar-refractivity contribution in [2.24, 2.45) is 0 Å². The molecule has 1 N–H and O–H groups in total. The smallest absolute Gasteiger partial charge is 0.322 e. The normalized spacial score (nSPS) is 11.1. The molecular formula is C18H21N5O2S. The van der Waals surface area contributed by atoms with Gasteiger partial charge in [-0.15, -0.1) is 5.10 Å². The van der Waals surface area contributed by atoms with Gasteiger partial charge in [-0.25, -0.2) is 4.98 Å². The van der Waals surface area contributed by atoms with E-state index in [1.54, 1.807) is 6.20 Å². The second-order valence-electron chi connectivity index (χ2n) is 6.29. The monoisotopic (exact) mass is 371 g/mol. The summed E-state index contributed by atoms with van der Waals surface area (Å²) in [5, 5.41) is 11.1. The van der Waals surface area contributed by atoms with Gasteiger partial charge in [0.05, 0.1) is 5.75 Å². The van der Waals surface area contributed by atoms with E-state index in [4.69, 9.17) is 4.42 Å². The minimum absolute atomic E-state index is 0.118. The summed E-state index contributed by atoms with van der Waals surface area (Å²) in [5.74, 6) is 0.594. The summed E-state index contributed by atoms with van der Waals surface area (Å²) in [6, 6.07) is 6.35. The van der Waals surface area contributed by atoms with Crippen LogP contribution in [0.3, 0.4) is 0 Å². The Balaban J connectivity index is 1.64. The van der Waals surface area contributed by atoms with E-state index in [1.807, 2.05) is 30.7 Å². The van der Waals surface area contributed by atoms with Crippen LogP contribution in [0.1, 0.15) is 36.8 Å². The van der Waals surface area contributed by atoms with E-state index in [-0.39, 0.29) is 23.6 Å². The first-order chi connectivity index (χ1) is 12.4. The fourth-order valence-electron chi connectivity index (χ4n) is 2.27. The number of aryl methyl sites for hydroxylation is 2. The highest BCUT2D eigenvalue weighted by atomic mass is 32.2. The van der Waals surface area contributed by atoms with Crippen molar-refractivity contribution in [3.8, 4) is 5.69 Å². The van der Waals surface area contributed by atoms with Crippen molar-refractivity contribution < 1.29 is 9.21 Å². The Morgan fingerprint density at radius 1 is 1.27 bits per heavy atom. The van der Waals surface area contributed by atoms with Crippen molar-refractivity contribution in [2.45, 2.75) is 38.8 Å². The Hall–Kier alpha value is -2.61. The molecule has 1 aromatic carbocycles. The number of carbonyl (C=O) groups excluding carboxylic acids is 1. The minimum Gasteiger partial charge on any atom is -0.408 e. The van der Waals surface area contributed by atoms with E-state index < -0.39 is 0 Å². The number of thioether (sulfide) groups is 1. The van der Waals surface area contributed by atoms with Crippen LogP contribution >= 0.6 is 11.8 Å². The highest BCUT2D eigenvalue weighted by molar-refractivity contribution is 7.99. The first kappa shape index (κ1) is 18.2. The van der Waals surface area contributed by atoms with Crippen LogP contribution in [-0.2, 0) is 4.79 Å². The van der Waals surface area contributed by atoms with Crippen LogP contribution in [0.2, 0.25) is 0 Å². The number of imidazole rings is 1. The van der Waals surface area contributed by atoms with Gasteiger partial charge in [0.1, 0.15) is 0 Å². The molecule has 0 aliphatic heterocycles. The molecule has 7 nitrogen and oxygen atoms in total. The molecule has 3 aromatic rings. The van der Waals surface area contributed by atoms with Gasteiger partial charge < -0.3 is 4.42 Å². The topological polar surface area (TPSA) is 85.8 Å².